The largest absolute Gasteiger partial charge is 0.374 e. The second-order valence-electron chi connectivity index (χ2n) is 4.70. The molecule has 2 rings (SSSR count). The summed E-state index contributed by atoms with van der Waals surface area (Å²) in [6.45, 7) is 3.91. The Bertz CT molecular complexity index is 667. The van der Waals surface area contributed by atoms with E-state index in [1.165, 1.54) is 5.01 Å². The van der Waals surface area contributed by atoms with E-state index in [2.05, 4.69) is 10.5 Å². The zero-order valence-electron chi connectivity index (χ0n) is 11.9. The predicted molar refractivity (Wildman–Crippen MR) is 85.6 cm³/mol. The summed E-state index contributed by atoms with van der Waals surface area (Å²) < 4.78 is 1.55. The van der Waals surface area contributed by atoms with Crippen molar-refractivity contribution in [3.63, 3.8) is 0 Å². The Labute approximate surface area is 128 Å². The topological polar surface area (TPSA) is 76.2 Å². The normalized spacial score (nSPS) is 10.2. The van der Waals surface area contributed by atoms with E-state index in [1.54, 1.807) is 10.9 Å². The number of hydrazine groups is 1. The van der Waals surface area contributed by atoms with Gasteiger partial charge in [-0.05, 0) is 49.8 Å². The molecule has 6 nitrogen and oxygen atoms in total. The smallest absolute Gasteiger partial charge is 0.260 e. The van der Waals surface area contributed by atoms with E-state index in [-0.39, 0.29) is 17.6 Å². The molecule has 0 aliphatic heterocycles. The van der Waals surface area contributed by atoms with Crippen LogP contribution in [0.25, 0.3) is 0 Å². The van der Waals surface area contributed by atoms with E-state index in [0.717, 1.165) is 11.3 Å². The Morgan fingerprint density at radius 3 is 2.76 bits per heavy atom. The Morgan fingerprint density at radius 1 is 1.43 bits per heavy atom. The van der Waals surface area contributed by atoms with Gasteiger partial charge in [-0.1, -0.05) is 12.1 Å². The number of carbonyl (C=O) groups excluding carboxylic acids is 1. The summed E-state index contributed by atoms with van der Waals surface area (Å²) in [6.07, 6.45) is 1.74. The number of thiocarbonyl (C=S) groups is 1. The van der Waals surface area contributed by atoms with Crippen molar-refractivity contribution >= 4 is 28.9 Å². The number of carbonyl (C=O) groups is 1. The third kappa shape index (κ3) is 4.03. The molecule has 7 heteroatoms. The first kappa shape index (κ1) is 15.0. The third-order valence-electron chi connectivity index (χ3n) is 2.80. The summed E-state index contributed by atoms with van der Waals surface area (Å²) in [5, 5.41) is 5.63. The highest BCUT2D eigenvalue weighted by atomic mass is 32.1. The van der Waals surface area contributed by atoms with Crippen LogP contribution < -0.4 is 16.2 Å². The molecule has 1 heterocycles. The summed E-state index contributed by atoms with van der Waals surface area (Å²) in [5.41, 5.74) is 11.0. The summed E-state index contributed by atoms with van der Waals surface area (Å²) in [7, 11) is 0. The Morgan fingerprint density at radius 2 is 2.19 bits per heavy atom. The van der Waals surface area contributed by atoms with Gasteiger partial charge in [-0.25, -0.2) is 5.01 Å². The number of rotatable bonds is 3. The van der Waals surface area contributed by atoms with Gasteiger partial charge in [0.25, 0.3) is 5.91 Å². The van der Waals surface area contributed by atoms with E-state index in [9.17, 15) is 4.79 Å². The molecule has 0 saturated heterocycles. The Kier molecular flexibility index (Phi) is 4.54. The quantitative estimate of drug-likeness (QED) is 0.660. The molecular formula is C14H17N5OS. The number of nitrogens with zero attached hydrogens (tertiary/aromatic N) is 3. The molecule has 21 heavy (non-hydrogen) atoms. The number of benzene rings is 1. The van der Waals surface area contributed by atoms with Gasteiger partial charge in [0, 0.05) is 6.20 Å². The molecule has 0 radical (unpaired) electrons. The number of nitrogens with two attached hydrogens (primary N) is 1. The molecule has 0 atom stereocenters. The van der Waals surface area contributed by atoms with Crippen molar-refractivity contribution in [2.24, 2.45) is 5.73 Å². The van der Waals surface area contributed by atoms with E-state index < -0.39 is 0 Å². The second-order valence-corrected chi connectivity index (χ2v) is 5.12. The zero-order chi connectivity index (χ0) is 15.4. The molecule has 1 amide bonds. The molecule has 1 aromatic carbocycles. The molecule has 1 aromatic heterocycles. The van der Waals surface area contributed by atoms with Gasteiger partial charge in [-0.2, -0.15) is 5.10 Å². The van der Waals surface area contributed by atoms with Gasteiger partial charge in [0.2, 0.25) is 0 Å². The highest BCUT2D eigenvalue weighted by Crippen LogP contribution is 2.13. The van der Waals surface area contributed by atoms with Crippen molar-refractivity contribution < 1.29 is 4.79 Å². The highest BCUT2D eigenvalue weighted by molar-refractivity contribution is 7.80. The number of anilines is 1. The Balaban J connectivity index is 2.09. The molecule has 0 saturated carbocycles. The maximum absolute atomic E-state index is 12.1. The van der Waals surface area contributed by atoms with Crippen molar-refractivity contribution in [1.82, 2.24) is 15.2 Å². The fourth-order valence-electron chi connectivity index (χ4n) is 1.87. The maximum atomic E-state index is 12.1. The van der Waals surface area contributed by atoms with E-state index in [4.69, 9.17) is 18.0 Å². The number of nitrogens with one attached hydrogen (secondary N) is 1. The standard InChI is InChI=1S/C14H17N5OS/c1-10-4-3-5-12(8-10)19(14(15)21)17-13(20)9-18-7-6-11(2)16-18/h3-8H,9H2,1-2H3,(H2,15,21)(H,17,20). The molecule has 110 valence electrons. The molecule has 0 aliphatic rings. The number of amides is 1. The van der Waals surface area contributed by atoms with Crippen LogP contribution >= 0.6 is 12.2 Å². The average Bonchev–Trinajstić information content (AvgIpc) is 2.81. The second kappa shape index (κ2) is 6.36. The van der Waals surface area contributed by atoms with Crippen molar-refractivity contribution in [1.29, 1.82) is 0 Å². The van der Waals surface area contributed by atoms with Gasteiger partial charge < -0.3 is 5.73 Å². The molecular weight excluding hydrogens is 286 g/mol. The first-order valence-corrected chi connectivity index (χ1v) is 6.82. The molecule has 0 unspecified atom stereocenters. The van der Waals surface area contributed by atoms with Crippen LogP contribution in [0.2, 0.25) is 0 Å². The van der Waals surface area contributed by atoms with Crippen LogP contribution in [-0.2, 0) is 11.3 Å². The van der Waals surface area contributed by atoms with Crippen molar-refractivity contribution in [2.75, 3.05) is 5.01 Å². The van der Waals surface area contributed by atoms with Crippen LogP contribution in [-0.4, -0.2) is 20.8 Å². The zero-order valence-corrected chi connectivity index (χ0v) is 12.7. The van der Waals surface area contributed by atoms with Crippen molar-refractivity contribution in [3.8, 4) is 0 Å². The van der Waals surface area contributed by atoms with Crippen LogP contribution in [0.3, 0.4) is 0 Å². The van der Waals surface area contributed by atoms with Gasteiger partial charge in [0.15, 0.2) is 5.11 Å². The Hall–Kier alpha value is -2.41. The molecule has 3 N–H and O–H groups in total. The lowest BCUT2D eigenvalue weighted by molar-refractivity contribution is -0.121. The SMILES string of the molecule is Cc1cccc(N(NC(=O)Cn2ccc(C)n2)C(N)=S)c1. The first-order valence-electron chi connectivity index (χ1n) is 6.41. The summed E-state index contributed by atoms with van der Waals surface area (Å²) in [4.78, 5) is 12.1. The average molecular weight is 303 g/mol. The number of aromatic nitrogens is 2. The highest BCUT2D eigenvalue weighted by Gasteiger charge is 2.13. The van der Waals surface area contributed by atoms with Crippen LogP contribution in [0.5, 0.6) is 0 Å². The van der Waals surface area contributed by atoms with E-state index >= 15 is 0 Å². The molecule has 0 bridgehead atoms. The molecule has 0 spiro atoms. The maximum Gasteiger partial charge on any atom is 0.260 e. The minimum Gasteiger partial charge on any atom is -0.374 e. The minimum absolute atomic E-state index is 0.0746. The van der Waals surface area contributed by atoms with Crippen LogP contribution in [0, 0.1) is 13.8 Å². The number of hydrogen-bond donors (Lipinski definition) is 2. The van der Waals surface area contributed by atoms with Crippen molar-refractivity contribution in [3.05, 3.63) is 47.8 Å². The molecule has 0 aliphatic carbocycles. The molecule has 0 fully saturated rings. The lowest BCUT2D eigenvalue weighted by Crippen LogP contribution is -2.50. The fraction of sp³-hybridized carbons (Fsp3) is 0.214. The van der Waals surface area contributed by atoms with Gasteiger partial charge in [-0.15, -0.1) is 0 Å². The van der Waals surface area contributed by atoms with Crippen LogP contribution in [0.1, 0.15) is 11.3 Å². The summed E-state index contributed by atoms with van der Waals surface area (Å²) >= 11 is 5.00. The van der Waals surface area contributed by atoms with Crippen molar-refractivity contribution in [2.45, 2.75) is 20.4 Å². The van der Waals surface area contributed by atoms with Gasteiger partial charge >= 0.3 is 0 Å². The van der Waals surface area contributed by atoms with E-state index in [0.29, 0.717) is 5.69 Å². The summed E-state index contributed by atoms with van der Waals surface area (Å²) in [5.74, 6) is -0.257. The first-order chi connectivity index (χ1) is 9.95. The summed E-state index contributed by atoms with van der Waals surface area (Å²) in [6, 6.07) is 9.37. The molecule has 2 aromatic rings. The lowest BCUT2D eigenvalue weighted by atomic mass is 10.2. The number of aryl methyl sites for hydroxylation is 2. The monoisotopic (exact) mass is 303 g/mol. The number of hydrogen-bond acceptors (Lipinski definition) is 3. The third-order valence-corrected chi connectivity index (χ3v) is 2.98. The predicted octanol–water partition coefficient (Wildman–Crippen LogP) is 1.28. The van der Waals surface area contributed by atoms with Gasteiger partial charge in [-0.3, -0.25) is 14.9 Å². The van der Waals surface area contributed by atoms with Gasteiger partial charge in [0.05, 0.1) is 11.4 Å². The van der Waals surface area contributed by atoms with Crippen LogP contribution in [0.15, 0.2) is 36.5 Å². The lowest BCUT2D eigenvalue weighted by Gasteiger charge is -2.23. The minimum atomic E-state index is -0.257. The van der Waals surface area contributed by atoms with E-state index in [1.807, 2.05) is 44.2 Å². The fourth-order valence-corrected chi connectivity index (χ4v) is 2.02. The van der Waals surface area contributed by atoms with Gasteiger partial charge in [0.1, 0.15) is 6.54 Å². The van der Waals surface area contributed by atoms with Crippen LogP contribution in [0.4, 0.5) is 5.69 Å².